The highest BCUT2D eigenvalue weighted by Crippen LogP contribution is 2.38. The van der Waals surface area contributed by atoms with Gasteiger partial charge in [0.1, 0.15) is 0 Å². The lowest BCUT2D eigenvalue weighted by Crippen LogP contribution is -2.53. The summed E-state index contributed by atoms with van der Waals surface area (Å²) in [4.78, 5) is 23.9. The maximum atomic E-state index is 12.0. The summed E-state index contributed by atoms with van der Waals surface area (Å²) in [6.45, 7) is 4.44. The molecule has 0 heterocycles. The van der Waals surface area contributed by atoms with E-state index in [1.54, 1.807) is 0 Å². The molecule has 1 unspecified atom stereocenters. The summed E-state index contributed by atoms with van der Waals surface area (Å²) in [5.41, 5.74) is 7.40. The predicted octanol–water partition coefficient (Wildman–Crippen LogP) is 1.91. The van der Waals surface area contributed by atoms with E-state index in [2.05, 4.69) is 10.6 Å². The smallest absolute Gasteiger partial charge is 0.234 e. The van der Waals surface area contributed by atoms with E-state index in [0.29, 0.717) is 12.5 Å². The molecule has 1 aliphatic rings. The number of amides is 2. The molecule has 0 saturated heterocycles. The third-order valence-electron chi connectivity index (χ3n) is 4.13. The Kier molecular flexibility index (Phi) is 6.07. The van der Waals surface area contributed by atoms with Crippen molar-refractivity contribution >= 4 is 29.3 Å². The number of anilines is 1. The molecule has 1 atom stereocenters. The Bertz CT molecular complexity index is 557. The molecule has 0 radical (unpaired) electrons. The molecule has 126 valence electrons. The first-order valence-corrected chi connectivity index (χ1v) is 9.04. The van der Waals surface area contributed by atoms with Gasteiger partial charge in [-0.25, -0.2) is 0 Å². The maximum Gasteiger partial charge on any atom is 0.234 e. The van der Waals surface area contributed by atoms with E-state index >= 15 is 0 Å². The molecule has 0 aromatic heterocycles. The molecule has 5 nitrogen and oxygen atoms in total. The highest BCUT2D eigenvalue weighted by atomic mass is 32.2. The van der Waals surface area contributed by atoms with Crippen LogP contribution in [0.1, 0.15) is 25.3 Å². The quantitative estimate of drug-likeness (QED) is 0.677. The molecular formula is C17H25N3O2S. The molecule has 0 bridgehead atoms. The number of nitrogens with two attached hydrogens (primary N) is 1. The number of rotatable bonds is 8. The number of hydrogen-bond donors (Lipinski definition) is 3. The number of nitrogens with one attached hydrogen (secondary N) is 2. The standard InChI is InChI=1S/C17H25N3O2S/c1-12-3-7-14(8-4-12)19-15(21)9-23-10-16(22)20-17(2,11-18)13-5-6-13/h3-4,7-8,13H,5-6,9-11,18H2,1-2H3,(H,19,21)(H,20,22). The van der Waals surface area contributed by atoms with Crippen LogP contribution in [0.3, 0.4) is 0 Å². The Labute approximate surface area is 141 Å². The predicted molar refractivity (Wildman–Crippen MR) is 95.5 cm³/mol. The van der Waals surface area contributed by atoms with Gasteiger partial charge in [0.2, 0.25) is 11.8 Å². The van der Waals surface area contributed by atoms with Crippen LogP contribution in [0.5, 0.6) is 0 Å². The van der Waals surface area contributed by atoms with Crippen LogP contribution < -0.4 is 16.4 Å². The van der Waals surface area contributed by atoms with Crippen molar-refractivity contribution < 1.29 is 9.59 Å². The van der Waals surface area contributed by atoms with Crippen molar-refractivity contribution in [3.8, 4) is 0 Å². The van der Waals surface area contributed by atoms with E-state index in [1.807, 2.05) is 38.1 Å². The van der Waals surface area contributed by atoms with Gasteiger partial charge in [0.15, 0.2) is 0 Å². The topological polar surface area (TPSA) is 84.2 Å². The van der Waals surface area contributed by atoms with E-state index in [9.17, 15) is 9.59 Å². The zero-order valence-electron chi connectivity index (χ0n) is 13.7. The van der Waals surface area contributed by atoms with Crippen LogP contribution in [-0.2, 0) is 9.59 Å². The summed E-state index contributed by atoms with van der Waals surface area (Å²) in [5.74, 6) is 0.855. The molecular weight excluding hydrogens is 310 g/mol. The fourth-order valence-corrected chi connectivity index (χ4v) is 3.08. The zero-order chi connectivity index (χ0) is 16.9. The molecule has 0 aliphatic heterocycles. The van der Waals surface area contributed by atoms with Crippen molar-refractivity contribution in [3.05, 3.63) is 29.8 Å². The first-order chi connectivity index (χ1) is 10.9. The van der Waals surface area contributed by atoms with Crippen LogP contribution in [-0.4, -0.2) is 35.4 Å². The molecule has 1 aromatic carbocycles. The van der Waals surface area contributed by atoms with E-state index in [0.717, 1.165) is 24.1 Å². The Morgan fingerprint density at radius 3 is 2.39 bits per heavy atom. The van der Waals surface area contributed by atoms with Crippen molar-refractivity contribution in [1.29, 1.82) is 0 Å². The minimum absolute atomic E-state index is 0.0574. The van der Waals surface area contributed by atoms with Crippen LogP contribution in [0.4, 0.5) is 5.69 Å². The zero-order valence-corrected chi connectivity index (χ0v) is 14.5. The van der Waals surface area contributed by atoms with Crippen molar-refractivity contribution in [2.45, 2.75) is 32.2 Å². The molecule has 1 aliphatic carbocycles. The summed E-state index contributed by atoms with van der Waals surface area (Å²) >= 11 is 1.31. The summed E-state index contributed by atoms with van der Waals surface area (Å²) in [5, 5.41) is 5.84. The molecule has 1 saturated carbocycles. The van der Waals surface area contributed by atoms with Crippen molar-refractivity contribution in [2.24, 2.45) is 11.7 Å². The summed E-state index contributed by atoms with van der Waals surface area (Å²) in [6.07, 6.45) is 2.25. The van der Waals surface area contributed by atoms with E-state index in [1.165, 1.54) is 11.8 Å². The number of benzene rings is 1. The molecule has 4 N–H and O–H groups in total. The number of thioether (sulfide) groups is 1. The normalized spacial score (nSPS) is 16.5. The number of hydrogen-bond acceptors (Lipinski definition) is 4. The number of aryl methyl sites for hydroxylation is 1. The van der Waals surface area contributed by atoms with Gasteiger partial charge in [-0.3, -0.25) is 9.59 Å². The third kappa shape index (κ3) is 5.55. The lowest BCUT2D eigenvalue weighted by molar-refractivity contribution is -0.120. The maximum absolute atomic E-state index is 12.0. The average Bonchev–Trinajstić information content (AvgIpc) is 3.34. The van der Waals surface area contributed by atoms with Crippen LogP contribution in [0.15, 0.2) is 24.3 Å². The molecule has 6 heteroatoms. The van der Waals surface area contributed by atoms with Gasteiger partial charge in [-0.05, 0) is 44.7 Å². The lowest BCUT2D eigenvalue weighted by atomic mass is 9.96. The van der Waals surface area contributed by atoms with Gasteiger partial charge in [-0.15, -0.1) is 11.8 Å². The van der Waals surface area contributed by atoms with E-state index in [4.69, 9.17) is 5.73 Å². The summed E-state index contributed by atoms with van der Waals surface area (Å²) in [6, 6.07) is 7.63. The second-order valence-corrected chi connectivity index (χ2v) is 7.34. The highest BCUT2D eigenvalue weighted by molar-refractivity contribution is 8.00. The van der Waals surface area contributed by atoms with Gasteiger partial charge >= 0.3 is 0 Å². The van der Waals surface area contributed by atoms with Crippen LogP contribution >= 0.6 is 11.8 Å². The van der Waals surface area contributed by atoms with Crippen LogP contribution in [0.2, 0.25) is 0 Å². The Hall–Kier alpha value is -1.53. The lowest BCUT2D eigenvalue weighted by Gasteiger charge is -2.29. The number of carbonyl (C=O) groups excluding carboxylic acids is 2. The largest absolute Gasteiger partial charge is 0.349 e. The summed E-state index contributed by atoms with van der Waals surface area (Å²) in [7, 11) is 0. The second kappa shape index (κ2) is 7.84. The number of carbonyl (C=O) groups is 2. The first-order valence-electron chi connectivity index (χ1n) is 7.88. The van der Waals surface area contributed by atoms with Crippen molar-refractivity contribution in [2.75, 3.05) is 23.4 Å². The van der Waals surface area contributed by atoms with Crippen LogP contribution in [0.25, 0.3) is 0 Å². The average molecular weight is 335 g/mol. The Balaban J connectivity index is 1.68. The third-order valence-corrected chi connectivity index (χ3v) is 5.06. The van der Waals surface area contributed by atoms with E-state index in [-0.39, 0.29) is 28.9 Å². The Morgan fingerprint density at radius 2 is 1.83 bits per heavy atom. The van der Waals surface area contributed by atoms with E-state index < -0.39 is 0 Å². The monoisotopic (exact) mass is 335 g/mol. The van der Waals surface area contributed by atoms with Crippen molar-refractivity contribution in [1.82, 2.24) is 5.32 Å². The van der Waals surface area contributed by atoms with Crippen molar-refractivity contribution in [3.63, 3.8) is 0 Å². The molecule has 2 rings (SSSR count). The van der Waals surface area contributed by atoms with Crippen LogP contribution in [0, 0.1) is 12.8 Å². The minimum atomic E-state index is -0.304. The Morgan fingerprint density at radius 1 is 1.22 bits per heavy atom. The molecule has 23 heavy (non-hydrogen) atoms. The molecule has 1 aromatic rings. The second-order valence-electron chi connectivity index (χ2n) is 6.35. The van der Waals surface area contributed by atoms with Gasteiger partial charge in [0, 0.05) is 12.2 Å². The fraction of sp³-hybridized carbons (Fsp3) is 0.529. The molecule has 1 fully saturated rings. The van der Waals surface area contributed by atoms with Gasteiger partial charge in [0.05, 0.1) is 17.0 Å². The molecule has 2 amide bonds. The van der Waals surface area contributed by atoms with Gasteiger partial charge in [0.25, 0.3) is 0 Å². The minimum Gasteiger partial charge on any atom is -0.349 e. The van der Waals surface area contributed by atoms with Gasteiger partial charge in [-0.1, -0.05) is 17.7 Å². The summed E-state index contributed by atoms with van der Waals surface area (Å²) < 4.78 is 0. The van der Waals surface area contributed by atoms with Gasteiger partial charge in [-0.2, -0.15) is 0 Å². The highest BCUT2D eigenvalue weighted by Gasteiger charge is 2.41. The SMILES string of the molecule is Cc1ccc(NC(=O)CSCC(=O)NC(C)(CN)C2CC2)cc1. The molecule has 0 spiro atoms. The fourth-order valence-electron chi connectivity index (χ4n) is 2.47. The van der Waals surface area contributed by atoms with Gasteiger partial charge < -0.3 is 16.4 Å². The first kappa shape index (κ1) is 17.8.